The number of hydrogen-bond acceptors (Lipinski definition) is 3. The largest absolute Gasteiger partial charge is 0.367 e. The minimum absolute atomic E-state index is 0.0279. The first-order chi connectivity index (χ1) is 15.5. The van der Waals surface area contributed by atoms with Crippen LogP contribution in [0.4, 0.5) is 0 Å². The number of benzene rings is 3. The Kier molecular flexibility index (Phi) is 6.95. The first-order valence-corrected chi connectivity index (χ1v) is 11.3. The van der Waals surface area contributed by atoms with E-state index >= 15 is 0 Å². The lowest BCUT2D eigenvalue weighted by Gasteiger charge is -2.43. The number of Topliss-reactive ketones (excluding diaryl/α,β-unsaturated/α-hetero) is 1. The van der Waals surface area contributed by atoms with Crippen LogP contribution in [0.1, 0.15) is 39.1 Å². The molecular formula is C26H23Cl2NO3. The van der Waals surface area contributed by atoms with Crippen molar-refractivity contribution in [2.24, 2.45) is 0 Å². The van der Waals surface area contributed by atoms with Crippen molar-refractivity contribution in [3.05, 3.63) is 106 Å². The molecule has 1 heterocycles. The van der Waals surface area contributed by atoms with Crippen LogP contribution in [0.3, 0.4) is 0 Å². The lowest BCUT2D eigenvalue weighted by atomic mass is 9.85. The molecule has 1 saturated heterocycles. The van der Waals surface area contributed by atoms with Crippen molar-refractivity contribution in [2.45, 2.75) is 18.4 Å². The van der Waals surface area contributed by atoms with Crippen LogP contribution in [0.25, 0.3) is 0 Å². The zero-order valence-electron chi connectivity index (χ0n) is 17.5. The van der Waals surface area contributed by atoms with Gasteiger partial charge in [-0.1, -0.05) is 77.8 Å². The van der Waals surface area contributed by atoms with Gasteiger partial charge in [0, 0.05) is 24.1 Å². The zero-order chi connectivity index (χ0) is 22.6. The zero-order valence-corrected chi connectivity index (χ0v) is 19.0. The maximum atomic E-state index is 13.2. The molecule has 3 aromatic carbocycles. The molecule has 0 aliphatic carbocycles. The van der Waals surface area contributed by atoms with Crippen molar-refractivity contribution < 1.29 is 14.3 Å². The highest BCUT2D eigenvalue weighted by atomic mass is 35.5. The van der Waals surface area contributed by atoms with Crippen molar-refractivity contribution in [2.75, 3.05) is 19.7 Å². The van der Waals surface area contributed by atoms with Crippen molar-refractivity contribution >= 4 is 34.9 Å². The Morgan fingerprint density at radius 1 is 0.875 bits per heavy atom. The van der Waals surface area contributed by atoms with Gasteiger partial charge in [-0.05, 0) is 36.2 Å². The average molecular weight is 468 g/mol. The SMILES string of the molecule is O=C(CCC1(c2ccc(Cl)c(Cl)c2)CN(C(=O)c2ccccc2)CCO1)c1ccccc1. The molecule has 0 spiro atoms. The van der Waals surface area contributed by atoms with Gasteiger partial charge in [-0.2, -0.15) is 0 Å². The first-order valence-electron chi connectivity index (χ1n) is 10.5. The Labute approximate surface area is 197 Å². The summed E-state index contributed by atoms with van der Waals surface area (Å²) in [5.41, 5.74) is 1.22. The van der Waals surface area contributed by atoms with Crippen molar-refractivity contribution in [3.8, 4) is 0 Å². The summed E-state index contributed by atoms with van der Waals surface area (Å²) in [5, 5.41) is 0.854. The molecule has 1 amide bonds. The fraction of sp³-hybridized carbons (Fsp3) is 0.231. The third kappa shape index (κ3) is 4.88. The van der Waals surface area contributed by atoms with E-state index in [2.05, 4.69) is 0 Å². The maximum absolute atomic E-state index is 13.2. The lowest BCUT2D eigenvalue weighted by molar-refractivity contribution is -0.109. The fourth-order valence-electron chi connectivity index (χ4n) is 4.05. The number of rotatable bonds is 6. The highest BCUT2D eigenvalue weighted by Gasteiger charge is 2.40. The Bertz CT molecular complexity index is 1100. The quantitative estimate of drug-likeness (QED) is 0.416. The molecule has 0 saturated carbocycles. The predicted molar refractivity (Wildman–Crippen MR) is 126 cm³/mol. The summed E-state index contributed by atoms with van der Waals surface area (Å²) in [4.78, 5) is 27.8. The summed E-state index contributed by atoms with van der Waals surface area (Å²) in [6.45, 7) is 1.16. The van der Waals surface area contributed by atoms with E-state index in [-0.39, 0.29) is 18.1 Å². The Morgan fingerprint density at radius 3 is 2.19 bits per heavy atom. The average Bonchev–Trinajstić information content (AvgIpc) is 2.85. The molecule has 3 aromatic rings. The topological polar surface area (TPSA) is 46.6 Å². The molecule has 32 heavy (non-hydrogen) atoms. The van der Waals surface area contributed by atoms with Gasteiger partial charge in [0.15, 0.2) is 5.78 Å². The summed E-state index contributed by atoms with van der Waals surface area (Å²) >= 11 is 12.5. The van der Waals surface area contributed by atoms with Crippen molar-refractivity contribution in [1.29, 1.82) is 0 Å². The number of halogens is 2. The molecule has 6 heteroatoms. The van der Waals surface area contributed by atoms with Crippen LogP contribution in [0, 0.1) is 0 Å². The fourth-order valence-corrected chi connectivity index (χ4v) is 4.35. The van der Waals surface area contributed by atoms with Crippen LogP contribution in [0.5, 0.6) is 0 Å². The number of morpholine rings is 1. The molecule has 0 aromatic heterocycles. The van der Waals surface area contributed by atoms with Crippen LogP contribution in [-0.4, -0.2) is 36.3 Å². The molecule has 0 radical (unpaired) electrons. The van der Waals surface area contributed by atoms with Crippen molar-refractivity contribution in [1.82, 2.24) is 4.90 Å². The van der Waals surface area contributed by atoms with Gasteiger partial charge in [0.05, 0.1) is 23.2 Å². The molecule has 0 N–H and O–H groups in total. The van der Waals surface area contributed by atoms with Crippen LogP contribution in [0.15, 0.2) is 78.9 Å². The highest BCUT2D eigenvalue weighted by Crippen LogP contribution is 2.38. The number of amides is 1. The molecular weight excluding hydrogens is 445 g/mol. The van der Waals surface area contributed by atoms with E-state index in [1.165, 1.54) is 0 Å². The third-order valence-corrected chi connectivity index (χ3v) is 6.53. The summed E-state index contributed by atoms with van der Waals surface area (Å²) in [6.07, 6.45) is 0.689. The second-order valence-corrected chi connectivity index (χ2v) is 8.67. The van der Waals surface area contributed by atoms with Gasteiger partial charge in [0.1, 0.15) is 5.60 Å². The van der Waals surface area contributed by atoms with Gasteiger partial charge < -0.3 is 9.64 Å². The van der Waals surface area contributed by atoms with Gasteiger partial charge >= 0.3 is 0 Å². The van der Waals surface area contributed by atoms with E-state index in [0.29, 0.717) is 47.3 Å². The van der Waals surface area contributed by atoms with Gasteiger partial charge in [-0.15, -0.1) is 0 Å². The number of hydrogen-bond donors (Lipinski definition) is 0. The van der Waals surface area contributed by atoms with Crippen LogP contribution >= 0.6 is 23.2 Å². The van der Waals surface area contributed by atoms with E-state index in [9.17, 15) is 9.59 Å². The number of ether oxygens (including phenoxy) is 1. The molecule has 1 fully saturated rings. The first kappa shape index (κ1) is 22.5. The van der Waals surface area contributed by atoms with Gasteiger partial charge in [0.25, 0.3) is 5.91 Å². The standard InChI is InChI=1S/C26H23Cl2NO3/c27-22-12-11-21(17-23(22)28)26(14-13-24(30)19-7-3-1-4-8-19)18-29(15-16-32-26)25(31)20-9-5-2-6-10-20/h1-12,17H,13-16,18H2. The third-order valence-electron chi connectivity index (χ3n) is 5.79. The minimum Gasteiger partial charge on any atom is -0.367 e. The molecule has 1 atom stereocenters. The summed E-state index contributed by atoms with van der Waals surface area (Å²) in [5.74, 6) is -0.0344. The number of ketones is 1. The van der Waals surface area contributed by atoms with Crippen molar-refractivity contribution in [3.63, 3.8) is 0 Å². The molecule has 4 nitrogen and oxygen atoms in total. The molecule has 164 valence electrons. The van der Waals surface area contributed by atoms with E-state index < -0.39 is 5.60 Å². The molecule has 1 unspecified atom stereocenters. The molecule has 0 bridgehead atoms. The summed E-state index contributed by atoms with van der Waals surface area (Å²) in [6, 6.07) is 23.7. The number of carbonyl (C=O) groups is 2. The van der Waals surface area contributed by atoms with Crippen LogP contribution in [-0.2, 0) is 10.3 Å². The second kappa shape index (κ2) is 9.86. The minimum atomic E-state index is -0.860. The summed E-state index contributed by atoms with van der Waals surface area (Å²) < 4.78 is 6.30. The van der Waals surface area contributed by atoms with Crippen LogP contribution in [0.2, 0.25) is 10.0 Å². The maximum Gasteiger partial charge on any atom is 0.254 e. The lowest BCUT2D eigenvalue weighted by Crippen LogP contribution is -2.52. The van der Waals surface area contributed by atoms with Gasteiger partial charge in [-0.3, -0.25) is 9.59 Å². The number of nitrogens with zero attached hydrogens (tertiary/aromatic N) is 1. The Balaban J connectivity index is 1.63. The van der Waals surface area contributed by atoms with E-state index in [4.69, 9.17) is 27.9 Å². The Morgan fingerprint density at radius 2 is 1.53 bits per heavy atom. The van der Waals surface area contributed by atoms with Crippen LogP contribution < -0.4 is 0 Å². The monoisotopic (exact) mass is 467 g/mol. The summed E-state index contributed by atoms with van der Waals surface area (Å²) in [7, 11) is 0. The van der Waals surface area contributed by atoms with Gasteiger partial charge in [-0.25, -0.2) is 0 Å². The smallest absolute Gasteiger partial charge is 0.254 e. The second-order valence-electron chi connectivity index (χ2n) is 7.85. The molecule has 1 aliphatic rings. The highest BCUT2D eigenvalue weighted by molar-refractivity contribution is 6.42. The molecule has 4 rings (SSSR count). The normalized spacial score (nSPS) is 18.4. The van der Waals surface area contributed by atoms with E-state index in [0.717, 1.165) is 5.56 Å². The Hall–Kier alpha value is -2.66. The van der Waals surface area contributed by atoms with E-state index in [1.54, 1.807) is 41.3 Å². The molecule has 1 aliphatic heterocycles. The number of carbonyl (C=O) groups excluding carboxylic acids is 2. The van der Waals surface area contributed by atoms with Gasteiger partial charge in [0.2, 0.25) is 0 Å². The predicted octanol–water partition coefficient (Wildman–Crippen LogP) is 6.02. The van der Waals surface area contributed by atoms with E-state index in [1.807, 2.05) is 42.5 Å².